The smallest absolute Gasteiger partial charge is 0.103 e. The van der Waals surface area contributed by atoms with E-state index in [1.165, 1.54) is 5.57 Å². The van der Waals surface area contributed by atoms with Crippen LogP contribution in [-0.4, -0.2) is 5.71 Å². The highest BCUT2D eigenvalue weighted by Gasteiger charge is 2.05. The van der Waals surface area contributed by atoms with Gasteiger partial charge in [0.25, 0.3) is 0 Å². The zero-order valence-electron chi connectivity index (χ0n) is 9.63. The Balaban J connectivity index is 2.99. The fourth-order valence-electron chi connectivity index (χ4n) is 1.41. The van der Waals surface area contributed by atoms with Crippen molar-refractivity contribution in [3.8, 4) is 0 Å². The van der Waals surface area contributed by atoms with Crippen LogP contribution in [0.5, 0.6) is 0 Å². The van der Waals surface area contributed by atoms with E-state index in [0.29, 0.717) is 5.92 Å². The van der Waals surface area contributed by atoms with Gasteiger partial charge in [-0.05, 0) is 59.3 Å². The van der Waals surface area contributed by atoms with Crippen molar-refractivity contribution in [3.63, 3.8) is 0 Å². The van der Waals surface area contributed by atoms with Crippen molar-refractivity contribution >= 4 is 21.6 Å². The van der Waals surface area contributed by atoms with Gasteiger partial charge in [-0.25, -0.2) is 4.99 Å². The van der Waals surface area contributed by atoms with Crippen LogP contribution in [0.3, 0.4) is 0 Å². The summed E-state index contributed by atoms with van der Waals surface area (Å²) in [5.41, 5.74) is 2.32. The first kappa shape index (κ1) is 12.4. The molecule has 0 radical (unpaired) electrons. The van der Waals surface area contributed by atoms with Crippen LogP contribution in [-0.2, 0) is 0 Å². The van der Waals surface area contributed by atoms with Crippen LogP contribution >= 0.6 is 15.9 Å². The van der Waals surface area contributed by atoms with Crippen molar-refractivity contribution in [2.24, 2.45) is 10.9 Å². The van der Waals surface area contributed by atoms with Gasteiger partial charge in [-0.1, -0.05) is 26.0 Å². The molecule has 1 heterocycles. The summed E-state index contributed by atoms with van der Waals surface area (Å²) in [6, 6.07) is 0. The molecule has 0 aromatic heterocycles. The molecule has 82 valence electrons. The van der Waals surface area contributed by atoms with Gasteiger partial charge in [0, 0.05) is 0 Å². The molecule has 0 N–H and O–H groups in total. The topological polar surface area (TPSA) is 12.4 Å². The molecule has 0 fully saturated rings. The molecule has 0 aliphatic carbocycles. The number of hydrogen-bond acceptors (Lipinski definition) is 1. The van der Waals surface area contributed by atoms with Crippen LogP contribution in [0.1, 0.15) is 33.6 Å². The third kappa shape index (κ3) is 4.17. The second-order valence-electron chi connectivity index (χ2n) is 3.90. The van der Waals surface area contributed by atoms with Gasteiger partial charge in [0.2, 0.25) is 0 Å². The van der Waals surface area contributed by atoms with Gasteiger partial charge in [0.15, 0.2) is 0 Å². The van der Waals surface area contributed by atoms with E-state index >= 15 is 0 Å². The number of rotatable bonds is 2. The molecule has 1 atom stereocenters. The fourth-order valence-corrected chi connectivity index (χ4v) is 2.05. The van der Waals surface area contributed by atoms with Crippen LogP contribution in [0.4, 0.5) is 0 Å². The summed E-state index contributed by atoms with van der Waals surface area (Å²) in [6.07, 6.45) is 10.8. The summed E-state index contributed by atoms with van der Waals surface area (Å²) >= 11 is 3.49. The Labute approximate surface area is 101 Å². The minimum atomic E-state index is 0.551. The predicted molar refractivity (Wildman–Crippen MR) is 71.4 cm³/mol. The average Bonchev–Trinajstić information content (AvgIpc) is 2.19. The van der Waals surface area contributed by atoms with E-state index in [9.17, 15) is 0 Å². The lowest BCUT2D eigenvalue weighted by Crippen LogP contribution is -2.00. The highest BCUT2D eigenvalue weighted by Crippen LogP contribution is 2.20. The van der Waals surface area contributed by atoms with Crippen LogP contribution in [0.25, 0.3) is 0 Å². The van der Waals surface area contributed by atoms with Gasteiger partial charge in [0.05, 0.1) is 5.71 Å². The summed E-state index contributed by atoms with van der Waals surface area (Å²) in [6.45, 7) is 6.45. The maximum absolute atomic E-state index is 4.54. The van der Waals surface area contributed by atoms with E-state index in [-0.39, 0.29) is 0 Å². The molecule has 1 unspecified atom stereocenters. The Morgan fingerprint density at radius 3 is 3.00 bits per heavy atom. The van der Waals surface area contributed by atoms with E-state index in [1.807, 2.05) is 0 Å². The molecule has 1 rings (SSSR count). The van der Waals surface area contributed by atoms with Gasteiger partial charge < -0.3 is 0 Å². The summed E-state index contributed by atoms with van der Waals surface area (Å²) < 4.78 is 0.943. The molecule has 15 heavy (non-hydrogen) atoms. The number of aliphatic imine (C=N–C) groups is 1. The Kier molecular flexibility index (Phi) is 5.03. The molecule has 0 aromatic carbocycles. The third-order valence-electron chi connectivity index (χ3n) is 2.36. The normalized spacial score (nSPS) is 22.9. The monoisotopic (exact) mass is 267 g/mol. The molecule has 0 bridgehead atoms. The summed E-state index contributed by atoms with van der Waals surface area (Å²) in [7, 11) is 0. The number of hydrogen-bond donors (Lipinski definition) is 0. The molecule has 1 aliphatic heterocycles. The maximum atomic E-state index is 4.54. The quantitative estimate of drug-likeness (QED) is 0.648. The van der Waals surface area contributed by atoms with Gasteiger partial charge in [-0.2, -0.15) is 0 Å². The molecular formula is C13H18BrN. The zero-order valence-corrected chi connectivity index (χ0v) is 11.2. The van der Waals surface area contributed by atoms with Gasteiger partial charge in [-0.15, -0.1) is 0 Å². The molecule has 1 aliphatic rings. The Hall–Kier alpha value is -0.630. The first-order valence-corrected chi connectivity index (χ1v) is 6.22. The van der Waals surface area contributed by atoms with Crippen LogP contribution in [0.2, 0.25) is 0 Å². The van der Waals surface area contributed by atoms with Crippen molar-refractivity contribution in [3.05, 3.63) is 34.5 Å². The summed E-state index contributed by atoms with van der Waals surface area (Å²) in [5, 5.41) is 0. The largest absolute Gasteiger partial charge is 0.242 e. The van der Waals surface area contributed by atoms with Crippen molar-refractivity contribution in [2.45, 2.75) is 33.6 Å². The molecular weight excluding hydrogens is 250 g/mol. The summed E-state index contributed by atoms with van der Waals surface area (Å²) in [4.78, 5) is 4.54. The lowest BCUT2D eigenvalue weighted by atomic mass is 10.0. The lowest BCUT2D eigenvalue weighted by molar-refractivity contribution is 0.738. The number of allylic oxidation sites excluding steroid dienone is 5. The molecule has 0 saturated heterocycles. The molecule has 0 saturated carbocycles. The van der Waals surface area contributed by atoms with Crippen molar-refractivity contribution in [1.29, 1.82) is 0 Å². The fraction of sp³-hybridized carbons (Fsp3) is 0.462. The van der Waals surface area contributed by atoms with E-state index in [0.717, 1.165) is 23.2 Å². The average molecular weight is 268 g/mol. The van der Waals surface area contributed by atoms with Gasteiger partial charge in [-0.3, -0.25) is 0 Å². The van der Waals surface area contributed by atoms with E-state index in [1.54, 1.807) is 0 Å². The van der Waals surface area contributed by atoms with E-state index in [2.05, 4.69) is 66.0 Å². The number of nitrogens with zero attached hydrogens (tertiary/aromatic N) is 1. The van der Waals surface area contributed by atoms with Crippen molar-refractivity contribution in [2.75, 3.05) is 0 Å². The predicted octanol–water partition coefficient (Wildman–Crippen LogP) is 4.62. The van der Waals surface area contributed by atoms with E-state index in [4.69, 9.17) is 0 Å². The second-order valence-corrected chi connectivity index (χ2v) is 4.71. The Morgan fingerprint density at radius 2 is 2.33 bits per heavy atom. The van der Waals surface area contributed by atoms with Crippen LogP contribution in [0, 0.1) is 5.92 Å². The zero-order chi connectivity index (χ0) is 11.3. The van der Waals surface area contributed by atoms with Gasteiger partial charge >= 0.3 is 0 Å². The van der Waals surface area contributed by atoms with Crippen LogP contribution < -0.4 is 0 Å². The lowest BCUT2D eigenvalue weighted by Gasteiger charge is -2.09. The standard InChI is InChI=1S/C13H18BrN/c1-4-5-6-12-11(3)8-7-10(2)9-13(14)15-12/h5-6,8-10H,4,7H2,1-3H3. The first-order chi connectivity index (χ1) is 7.13. The Morgan fingerprint density at radius 1 is 1.60 bits per heavy atom. The molecule has 0 spiro atoms. The number of halogens is 1. The third-order valence-corrected chi connectivity index (χ3v) is 2.80. The van der Waals surface area contributed by atoms with Crippen LogP contribution in [0.15, 0.2) is 39.5 Å². The first-order valence-electron chi connectivity index (χ1n) is 5.43. The van der Waals surface area contributed by atoms with Crippen molar-refractivity contribution < 1.29 is 0 Å². The SMILES string of the molecule is CCC=CC1=NC(Br)=CC(C)CC=C1C. The van der Waals surface area contributed by atoms with E-state index < -0.39 is 0 Å². The highest BCUT2D eigenvalue weighted by atomic mass is 79.9. The summed E-state index contributed by atoms with van der Waals surface area (Å²) in [5.74, 6) is 0.551. The minimum Gasteiger partial charge on any atom is -0.242 e. The molecule has 2 heteroatoms. The maximum Gasteiger partial charge on any atom is 0.103 e. The Bertz CT molecular complexity index is 334. The molecule has 1 nitrogen and oxygen atoms in total. The second kappa shape index (κ2) is 6.06. The molecule has 0 amide bonds. The minimum absolute atomic E-state index is 0.551. The molecule has 0 aromatic rings. The highest BCUT2D eigenvalue weighted by molar-refractivity contribution is 9.11. The van der Waals surface area contributed by atoms with Gasteiger partial charge in [0.1, 0.15) is 4.61 Å². The van der Waals surface area contributed by atoms with Crippen molar-refractivity contribution in [1.82, 2.24) is 0 Å².